The largest absolute Gasteiger partial charge is 0.496 e. The van der Waals surface area contributed by atoms with Gasteiger partial charge in [-0.1, -0.05) is 19.9 Å². The van der Waals surface area contributed by atoms with Gasteiger partial charge in [0, 0.05) is 13.1 Å². The van der Waals surface area contributed by atoms with Crippen LogP contribution in [-0.2, 0) is 14.3 Å². The van der Waals surface area contributed by atoms with Crippen molar-refractivity contribution in [1.29, 1.82) is 0 Å². The van der Waals surface area contributed by atoms with Crippen LogP contribution in [0.25, 0.3) is 0 Å². The van der Waals surface area contributed by atoms with Gasteiger partial charge in [0.05, 0.1) is 49.1 Å². The molecule has 3 fully saturated rings. The van der Waals surface area contributed by atoms with Gasteiger partial charge in [0.15, 0.2) is 6.29 Å². The summed E-state index contributed by atoms with van der Waals surface area (Å²) in [6.07, 6.45) is 11.0. The highest BCUT2D eigenvalue weighted by atomic mass is 16.8. The Morgan fingerprint density at radius 1 is 1.00 bits per heavy atom. The van der Waals surface area contributed by atoms with Crippen LogP contribution in [0.1, 0.15) is 103 Å². The van der Waals surface area contributed by atoms with Crippen molar-refractivity contribution in [3.63, 3.8) is 0 Å². The summed E-state index contributed by atoms with van der Waals surface area (Å²) >= 11 is 0. The molecule has 4 atom stereocenters. The summed E-state index contributed by atoms with van der Waals surface area (Å²) < 4.78 is 29.7. The number of rotatable bonds is 21. The first-order valence-electron chi connectivity index (χ1n) is 21.2. The molecule has 5 rings (SSSR count). The summed E-state index contributed by atoms with van der Waals surface area (Å²) in [5.74, 6) is 4.27. The molecule has 2 aliphatic carbocycles. The summed E-state index contributed by atoms with van der Waals surface area (Å²) in [5, 5.41) is 6.38. The minimum absolute atomic E-state index is 0.0498. The van der Waals surface area contributed by atoms with Gasteiger partial charge in [0.2, 0.25) is 0 Å². The molecular weight excluding hydrogens is 719 g/mol. The van der Waals surface area contributed by atoms with Gasteiger partial charge in [-0.05, 0) is 171 Å². The second-order valence-corrected chi connectivity index (χ2v) is 17.8. The van der Waals surface area contributed by atoms with Gasteiger partial charge in [-0.15, -0.1) is 0 Å². The molecule has 4 N–H and O–H groups in total. The van der Waals surface area contributed by atoms with Crippen molar-refractivity contribution in [2.75, 3.05) is 61.1 Å². The predicted molar refractivity (Wildman–Crippen MR) is 229 cm³/mol. The third kappa shape index (κ3) is 13.5. The highest BCUT2D eigenvalue weighted by molar-refractivity contribution is 6.16. The number of ether oxygens (including phenoxy) is 5. The fourth-order valence-corrected chi connectivity index (χ4v) is 8.85. The molecule has 0 radical (unpaired) electrons. The number of hydrogen-bond donors (Lipinski definition) is 3. The van der Waals surface area contributed by atoms with E-state index in [1.807, 2.05) is 37.4 Å². The van der Waals surface area contributed by atoms with Crippen LogP contribution < -0.4 is 30.6 Å². The second-order valence-electron chi connectivity index (χ2n) is 17.8. The Kier molecular flexibility index (Phi) is 16.3. The summed E-state index contributed by atoms with van der Waals surface area (Å²) in [7, 11) is 7.36. The molecule has 1 heterocycles. The van der Waals surface area contributed by atoms with Crippen LogP contribution in [-0.4, -0.2) is 95.6 Å². The van der Waals surface area contributed by atoms with Gasteiger partial charge in [0.25, 0.3) is 5.91 Å². The van der Waals surface area contributed by atoms with E-state index in [2.05, 4.69) is 63.3 Å². The first-order valence-corrected chi connectivity index (χ1v) is 21.2. The number of benzene rings is 2. The van der Waals surface area contributed by atoms with E-state index in [-0.39, 0.29) is 35.5 Å². The van der Waals surface area contributed by atoms with E-state index in [9.17, 15) is 4.79 Å². The number of epoxide rings is 1. The molecular formula is C46H71N5O6. The number of carbonyl (C=O) groups is 1. The monoisotopic (exact) mass is 790 g/mol. The molecule has 2 bridgehead atoms. The molecule has 11 heteroatoms. The average molecular weight is 790 g/mol. The van der Waals surface area contributed by atoms with E-state index >= 15 is 0 Å². The molecule has 1 saturated heterocycles. The molecule has 0 aromatic heterocycles. The number of aliphatic imine (C=N–C) groups is 1. The number of fused-ring (bicyclic) bond motifs is 2. The third-order valence-corrected chi connectivity index (χ3v) is 11.5. The Morgan fingerprint density at radius 3 is 2.30 bits per heavy atom. The molecule has 2 aromatic rings. The first kappa shape index (κ1) is 44.5. The average Bonchev–Trinajstić information content (AvgIpc) is 3.89. The maximum Gasteiger partial charge on any atom is 0.267 e. The van der Waals surface area contributed by atoms with Gasteiger partial charge in [-0.3, -0.25) is 4.79 Å². The highest BCUT2D eigenvalue weighted by Gasteiger charge is 2.46. The number of hydrogen-bond acceptors (Lipinski definition) is 10. The van der Waals surface area contributed by atoms with Crippen LogP contribution in [0.15, 0.2) is 53.2 Å². The lowest BCUT2D eigenvalue weighted by Crippen LogP contribution is -2.38. The number of nitrogens with zero attached hydrogens (tertiary/aromatic N) is 2. The lowest BCUT2D eigenvalue weighted by atomic mass is 9.64. The van der Waals surface area contributed by atoms with Crippen molar-refractivity contribution in [1.82, 2.24) is 15.5 Å². The summed E-state index contributed by atoms with van der Waals surface area (Å²) in [6, 6.07) is 11.6. The van der Waals surface area contributed by atoms with Crippen molar-refractivity contribution >= 4 is 17.3 Å². The van der Waals surface area contributed by atoms with Crippen molar-refractivity contribution in [2.45, 2.75) is 110 Å². The van der Waals surface area contributed by atoms with Gasteiger partial charge in [-0.2, -0.15) is 0 Å². The van der Waals surface area contributed by atoms with Gasteiger partial charge in [0.1, 0.15) is 23.4 Å². The Bertz CT molecular complexity index is 1630. The minimum atomic E-state index is -0.304. The summed E-state index contributed by atoms with van der Waals surface area (Å²) in [4.78, 5) is 21.2. The molecule has 2 aromatic carbocycles. The molecule has 3 aliphatic rings. The minimum Gasteiger partial charge on any atom is -0.496 e. The van der Waals surface area contributed by atoms with E-state index in [0.717, 1.165) is 68.7 Å². The number of allylic oxidation sites excluding steroid dienone is 1. The molecule has 11 nitrogen and oxygen atoms in total. The van der Waals surface area contributed by atoms with E-state index in [0.29, 0.717) is 59.6 Å². The van der Waals surface area contributed by atoms with E-state index in [4.69, 9.17) is 34.4 Å². The number of nitrogens with two attached hydrogens (primary N) is 1. The van der Waals surface area contributed by atoms with E-state index in [1.165, 1.54) is 19.3 Å². The smallest absolute Gasteiger partial charge is 0.267 e. The van der Waals surface area contributed by atoms with Crippen molar-refractivity contribution in [3.8, 4) is 17.2 Å². The molecule has 0 spiro atoms. The van der Waals surface area contributed by atoms with Gasteiger partial charge in [-0.25, -0.2) is 4.99 Å². The van der Waals surface area contributed by atoms with Crippen LogP contribution in [0, 0.1) is 23.7 Å². The fraction of sp³-hybridized carbons (Fsp3) is 0.652. The third-order valence-electron chi connectivity index (χ3n) is 11.5. The molecule has 316 valence electrons. The first-order chi connectivity index (χ1) is 27.3. The second kappa shape index (κ2) is 20.9. The Balaban J connectivity index is 1.25. The van der Waals surface area contributed by atoms with Crippen molar-refractivity contribution < 1.29 is 28.5 Å². The van der Waals surface area contributed by atoms with Crippen molar-refractivity contribution in [3.05, 3.63) is 59.3 Å². The van der Waals surface area contributed by atoms with Crippen molar-refractivity contribution in [2.24, 2.45) is 34.4 Å². The zero-order valence-corrected chi connectivity index (χ0v) is 36.2. The fourth-order valence-electron chi connectivity index (χ4n) is 8.85. The number of methoxy groups -OCH3 is 2. The quantitative estimate of drug-likeness (QED) is 0.0507. The maximum atomic E-state index is 13.7. The van der Waals surface area contributed by atoms with Crippen LogP contribution in [0.2, 0.25) is 0 Å². The highest BCUT2D eigenvalue weighted by Crippen LogP contribution is 2.48. The lowest BCUT2D eigenvalue weighted by Gasteiger charge is -2.42. The molecule has 4 unspecified atom stereocenters. The van der Waals surface area contributed by atoms with E-state index < -0.39 is 0 Å². The molecule has 2 saturated carbocycles. The molecule has 1 aliphatic heterocycles. The zero-order chi connectivity index (χ0) is 41.1. The van der Waals surface area contributed by atoms with Gasteiger partial charge < -0.3 is 45.0 Å². The normalized spacial score (nSPS) is 23.8. The molecule has 57 heavy (non-hydrogen) atoms. The number of amides is 1. The number of nitrogens with one attached hydrogen (secondary N) is 2. The summed E-state index contributed by atoms with van der Waals surface area (Å²) in [6.45, 7) is 14.8. The maximum absolute atomic E-state index is 13.7. The summed E-state index contributed by atoms with van der Waals surface area (Å²) in [5.41, 5.74) is 9.37. The van der Waals surface area contributed by atoms with Gasteiger partial charge >= 0.3 is 0 Å². The zero-order valence-electron chi connectivity index (χ0n) is 36.2. The van der Waals surface area contributed by atoms with Crippen LogP contribution >= 0.6 is 0 Å². The SMILES string of the molecule is CNCCCN(C)CCCOc1ccc(N=C(C=C(N)C(=O)NCC2CC3CC(C2)CC(CC2OC2OC(C)(C)C)C3)c2c(OC)cccc2OC)c(C(C)C)c1. The van der Waals surface area contributed by atoms with Crippen LogP contribution in [0.5, 0.6) is 17.2 Å². The number of carbonyl (C=O) groups excluding carboxylic acids is 1. The van der Waals surface area contributed by atoms with E-state index in [1.54, 1.807) is 20.3 Å². The Morgan fingerprint density at radius 2 is 1.67 bits per heavy atom. The van der Waals surface area contributed by atoms with Crippen LogP contribution in [0.3, 0.4) is 0 Å². The topological polar surface area (TPSA) is 132 Å². The Hall–Kier alpha value is -3.64. The lowest BCUT2D eigenvalue weighted by molar-refractivity contribution is -0.117. The standard InChI is InChI=1S/C46H71N5O6/c1-30(2)36-27-35(55-20-12-19-51(7)18-11-17-48-6)15-16-38(36)50-39(43-40(53-8)13-10-14-41(43)54-9)28-37(47)44(52)49-29-34-24-31-21-32(25-34)23-33(22-31)26-42-45(56-42)57-46(3,4)5/h10,13-16,27-28,30-34,42,45,48H,11-12,17-26,29,47H2,1-9H3,(H,49,52). The predicted octanol–water partition coefficient (Wildman–Crippen LogP) is 7.59. The molecule has 1 amide bonds. The Labute approximate surface area is 342 Å². The van der Waals surface area contributed by atoms with Crippen LogP contribution in [0.4, 0.5) is 5.69 Å².